The van der Waals surface area contributed by atoms with E-state index in [1.165, 1.54) is 11.1 Å². The van der Waals surface area contributed by atoms with Crippen molar-refractivity contribution in [3.8, 4) is 0 Å². The summed E-state index contributed by atoms with van der Waals surface area (Å²) >= 11 is 0. The molecule has 0 atom stereocenters. The maximum Gasteiger partial charge on any atom is 0.334 e. The van der Waals surface area contributed by atoms with Gasteiger partial charge in [0.15, 0.2) is 0 Å². The predicted molar refractivity (Wildman–Crippen MR) is 86.2 cm³/mol. The van der Waals surface area contributed by atoms with Crippen LogP contribution in [0.2, 0.25) is 0 Å². The summed E-state index contributed by atoms with van der Waals surface area (Å²) in [5.41, 5.74) is 3.14. The number of nitrogens with zero attached hydrogens (tertiary/aromatic N) is 2. The molecule has 0 spiro atoms. The van der Waals surface area contributed by atoms with E-state index in [4.69, 9.17) is 0 Å². The number of anilines is 1. The molecule has 1 heterocycles. The van der Waals surface area contributed by atoms with E-state index in [2.05, 4.69) is 5.32 Å². The molecule has 7 nitrogen and oxygen atoms in total. The predicted octanol–water partition coefficient (Wildman–Crippen LogP) is 1.31. The zero-order chi connectivity index (χ0) is 17.3. The number of hydrogen-bond acceptors (Lipinski definition) is 4. The third-order valence-electron chi connectivity index (χ3n) is 4.27. The highest BCUT2D eigenvalue weighted by Gasteiger charge is 2.44. The van der Waals surface area contributed by atoms with Gasteiger partial charge in [-0.15, -0.1) is 0 Å². The van der Waals surface area contributed by atoms with Crippen LogP contribution in [0.5, 0.6) is 0 Å². The Morgan fingerprint density at radius 1 is 1.08 bits per heavy atom. The second kappa shape index (κ2) is 6.43. The first kappa shape index (κ1) is 16.2. The van der Waals surface area contributed by atoms with E-state index in [1.807, 2.05) is 18.2 Å². The number of urea groups is 1. The molecular formula is C17H19N3O4. The van der Waals surface area contributed by atoms with Crippen molar-refractivity contribution in [2.24, 2.45) is 0 Å². The summed E-state index contributed by atoms with van der Waals surface area (Å²) in [5.74, 6) is -2.31. The first-order valence-corrected chi connectivity index (χ1v) is 8.10. The molecule has 1 aliphatic carbocycles. The van der Waals surface area contributed by atoms with Crippen LogP contribution < -0.4 is 5.32 Å². The van der Waals surface area contributed by atoms with E-state index in [0.29, 0.717) is 17.0 Å². The van der Waals surface area contributed by atoms with Gasteiger partial charge >= 0.3 is 17.8 Å². The number of hydrogen-bond donors (Lipinski definition) is 1. The Labute approximate surface area is 139 Å². The van der Waals surface area contributed by atoms with Crippen LogP contribution in [0.25, 0.3) is 0 Å². The largest absolute Gasteiger partial charge is 0.334 e. The molecule has 1 fully saturated rings. The molecule has 0 unspecified atom stereocenters. The van der Waals surface area contributed by atoms with E-state index in [9.17, 15) is 19.2 Å². The van der Waals surface area contributed by atoms with Crippen LogP contribution in [0.15, 0.2) is 18.2 Å². The summed E-state index contributed by atoms with van der Waals surface area (Å²) in [6.45, 7) is 1.52. The number of nitrogens with one attached hydrogen (secondary N) is 1. The van der Waals surface area contributed by atoms with Crippen LogP contribution in [0.4, 0.5) is 10.5 Å². The van der Waals surface area contributed by atoms with Crippen molar-refractivity contribution in [1.82, 2.24) is 9.80 Å². The van der Waals surface area contributed by atoms with E-state index in [-0.39, 0.29) is 6.54 Å². The molecule has 1 aliphatic heterocycles. The van der Waals surface area contributed by atoms with Gasteiger partial charge in [-0.05, 0) is 48.9 Å². The molecule has 2 aliphatic rings. The van der Waals surface area contributed by atoms with Crippen molar-refractivity contribution in [2.75, 3.05) is 18.4 Å². The standard InChI is InChI=1S/C17H19N3O4/c1-2-8-19-15(22)16(23)20(17(19)24)10-14(21)18-13-7-6-11-4-3-5-12(11)9-13/h6-7,9H,2-5,8,10H2,1H3,(H,18,21). The zero-order valence-corrected chi connectivity index (χ0v) is 13.5. The monoisotopic (exact) mass is 329 g/mol. The topological polar surface area (TPSA) is 86.8 Å². The quantitative estimate of drug-likeness (QED) is 0.652. The van der Waals surface area contributed by atoms with Crippen LogP contribution in [-0.2, 0) is 27.2 Å². The number of carbonyl (C=O) groups excluding carboxylic acids is 4. The van der Waals surface area contributed by atoms with Gasteiger partial charge < -0.3 is 5.32 Å². The van der Waals surface area contributed by atoms with Gasteiger partial charge in [-0.1, -0.05) is 13.0 Å². The molecule has 24 heavy (non-hydrogen) atoms. The molecule has 0 saturated carbocycles. The molecule has 1 aromatic rings. The van der Waals surface area contributed by atoms with E-state index in [1.54, 1.807) is 6.92 Å². The SMILES string of the molecule is CCCN1C(=O)C(=O)N(CC(=O)Nc2ccc3c(c2)CCC3)C1=O. The molecule has 126 valence electrons. The lowest BCUT2D eigenvalue weighted by Crippen LogP contribution is -2.39. The molecule has 0 radical (unpaired) electrons. The molecule has 3 rings (SSSR count). The summed E-state index contributed by atoms with van der Waals surface area (Å²) in [4.78, 5) is 49.4. The second-order valence-corrected chi connectivity index (χ2v) is 6.02. The van der Waals surface area contributed by atoms with Gasteiger partial charge in [0.1, 0.15) is 6.54 Å². The van der Waals surface area contributed by atoms with Crippen molar-refractivity contribution in [3.05, 3.63) is 29.3 Å². The molecular weight excluding hydrogens is 310 g/mol. The van der Waals surface area contributed by atoms with Crippen molar-refractivity contribution < 1.29 is 19.2 Å². The smallest absolute Gasteiger partial charge is 0.325 e. The lowest BCUT2D eigenvalue weighted by molar-refractivity contribution is -0.143. The molecule has 0 aromatic heterocycles. The molecule has 7 heteroatoms. The number of benzene rings is 1. The highest BCUT2D eigenvalue weighted by atomic mass is 16.2. The number of amides is 5. The Hall–Kier alpha value is -2.70. The number of carbonyl (C=O) groups is 4. The average Bonchev–Trinajstić information content (AvgIpc) is 3.09. The fourth-order valence-electron chi connectivity index (χ4n) is 3.10. The average molecular weight is 329 g/mol. The van der Waals surface area contributed by atoms with Crippen molar-refractivity contribution in [1.29, 1.82) is 0 Å². The van der Waals surface area contributed by atoms with Gasteiger partial charge in [-0.25, -0.2) is 9.69 Å². The Balaban J connectivity index is 1.65. The van der Waals surface area contributed by atoms with Crippen LogP contribution in [0, 0.1) is 0 Å². The van der Waals surface area contributed by atoms with Crippen molar-refractivity contribution in [3.63, 3.8) is 0 Å². The van der Waals surface area contributed by atoms with Gasteiger partial charge in [0.2, 0.25) is 5.91 Å². The summed E-state index contributed by atoms with van der Waals surface area (Å²) in [5, 5.41) is 2.69. The normalized spacial score (nSPS) is 16.8. The summed E-state index contributed by atoms with van der Waals surface area (Å²) in [7, 11) is 0. The minimum atomic E-state index is -0.947. The van der Waals surface area contributed by atoms with Crippen molar-refractivity contribution in [2.45, 2.75) is 32.6 Å². The number of aryl methyl sites for hydroxylation is 2. The zero-order valence-electron chi connectivity index (χ0n) is 13.5. The summed E-state index contributed by atoms with van der Waals surface area (Å²) < 4.78 is 0. The summed E-state index contributed by atoms with van der Waals surface area (Å²) in [6, 6.07) is 4.99. The Kier molecular flexibility index (Phi) is 4.33. The van der Waals surface area contributed by atoms with Crippen LogP contribution in [0.3, 0.4) is 0 Å². The van der Waals surface area contributed by atoms with Crippen molar-refractivity contribution >= 4 is 29.4 Å². The minimum absolute atomic E-state index is 0.173. The first-order chi connectivity index (χ1) is 11.5. The molecule has 0 bridgehead atoms. The Morgan fingerprint density at radius 2 is 1.79 bits per heavy atom. The van der Waals surface area contributed by atoms with E-state index >= 15 is 0 Å². The minimum Gasteiger partial charge on any atom is -0.325 e. The third kappa shape index (κ3) is 2.89. The van der Waals surface area contributed by atoms with Crippen LogP contribution in [0.1, 0.15) is 30.9 Å². The number of fused-ring (bicyclic) bond motifs is 1. The number of rotatable bonds is 5. The fourth-order valence-corrected chi connectivity index (χ4v) is 3.10. The highest BCUT2D eigenvalue weighted by molar-refractivity contribution is 6.45. The Morgan fingerprint density at radius 3 is 2.54 bits per heavy atom. The third-order valence-corrected chi connectivity index (χ3v) is 4.27. The van der Waals surface area contributed by atoms with Crippen LogP contribution in [-0.4, -0.2) is 46.6 Å². The van der Waals surface area contributed by atoms with Crippen LogP contribution >= 0.6 is 0 Å². The van der Waals surface area contributed by atoms with Gasteiger partial charge in [-0.3, -0.25) is 19.3 Å². The highest BCUT2D eigenvalue weighted by Crippen LogP contribution is 2.25. The number of imide groups is 2. The molecule has 5 amide bonds. The van der Waals surface area contributed by atoms with E-state index in [0.717, 1.165) is 24.2 Å². The van der Waals surface area contributed by atoms with Gasteiger partial charge in [0.05, 0.1) is 0 Å². The maximum absolute atomic E-state index is 12.1. The molecule has 1 N–H and O–H groups in total. The fraction of sp³-hybridized carbons (Fsp3) is 0.412. The van der Waals surface area contributed by atoms with Gasteiger partial charge in [-0.2, -0.15) is 0 Å². The van der Waals surface area contributed by atoms with Gasteiger partial charge in [0, 0.05) is 12.2 Å². The lowest BCUT2D eigenvalue weighted by Gasteiger charge is -2.15. The summed E-state index contributed by atoms with van der Waals surface area (Å²) in [6.07, 6.45) is 3.71. The maximum atomic E-state index is 12.1. The Bertz CT molecular complexity index is 729. The van der Waals surface area contributed by atoms with E-state index < -0.39 is 30.3 Å². The van der Waals surface area contributed by atoms with Gasteiger partial charge in [0.25, 0.3) is 0 Å². The second-order valence-electron chi connectivity index (χ2n) is 6.02. The lowest BCUT2D eigenvalue weighted by atomic mass is 10.1. The molecule has 1 saturated heterocycles. The first-order valence-electron chi connectivity index (χ1n) is 8.10. The molecule has 1 aromatic carbocycles.